The number of fused-ring (bicyclic) bond motifs is 1. The van der Waals surface area contributed by atoms with Gasteiger partial charge in [-0.15, -0.1) is 0 Å². The summed E-state index contributed by atoms with van der Waals surface area (Å²) < 4.78 is 14.0. The maximum absolute atomic E-state index is 11.2. The Morgan fingerprint density at radius 3 is 2.79 bits per heavy atom. The number of ether oxygens (including phenoxy) is 2. The molecule has 10 nitrogen and oxygen atoms in total. The average molecular weight is 513 g/mol. The maximum Gasteiger partial charge on any atom is 0.342 e. The molecule has 4 aromatic rings. The van der Waals surface area contributed by atoms with Gasteiger partial charge in [0.15, 0.2) is 17.3 Å². The second-order valence-electron chi connectivity index (χ2n) is 7.15. The maximum atomic E-state index is 11.2. The van der Waals surface area contributed by atoms with E-state index in [1.807, 2.05) is 30.3 Å². The van der Waals surface area contributed by atoms with Crippen LogP contribution < -0.4 is 14.8 Å². The molecular formula is C22H21BrN6O4. The number of nitrogens with zero attached hydrogens (tertiary/aromatic N) is 5. The highest BCUT2D eigenvalue weighted by atomic mass is 79.9. The largest absolute Gasteiger partial charge is 0.493 e. The third-order valence-corrected chi connectivity index (χ3v) is 5.51. The number of aromatic nitrogens is 4. The Morgan fingerprint density at radius 1 is 1.18 bits per heavy atom. The second kappa shape index (κ2) is 9.82. The molecule has 0 fully saturated rings. The van der Waals surface area contributed by atoms with E-state index in [1.54, 1.807) is 24.7 Å². The summed E-state index contributed by atoms with van der Waals surface area (Å²) in [5, 5.41) is 15.2. The Bertz CT molecular complexity index is 1310. The SMILES string of the molecule is COc1cc2ncnc(Nc3cccc(Br)c3)c2cc1OCCCn1c([N+](=O)[O-])cnc1C. The van der Waals surface area contributed by atoms with Gasteiger partial charge in [-0.3, -0.25) is 0 Å². The van der Waals surface area contributed by atoms with Gasteiger partial charge in [-0.05, 0) is 29.2 Å². The van der Waals surface area contributed by atoms with Crippen molar-refractivity contribution in [2.75, 3.05) is 19.0 Å². The number of nitrogens with one attached hydrogen (secondary N) is 1. The monoisotopic (exact) mass is 512 g/mol. The molecule has 1 N–H and O–H groups in total. The van der Waals surface area contributed by atoms with Gasteiger partial charge in [0.25, 0.3) is 0 Å². The van der Waals surface area contributed by atoms with Crippen LogP contribution in [0, 0.1) is 17.0 Å². The summed E-state index contributed by atoms with van der Waals surface area (Å²) in [6.07, 6.45) is 3.30. The number of nitro groups is 1. The summed E-state index contributed by atoms with van der Waals surface area (Å²) >= 11 is 3.47. The molecule has 0 atom stereocenters. The zero-order valence-corrected chi connectivity index (χ0v) is 19.6. The third kappa shape index (κ3) is 5.03. The zero-order chi connectivity index (χ0) is 23.4. The quantitative estimate of drug-likeness (QED) is 0.188. The van der Waals surface area contributed by atoms with Crippen LogP contribution >= 0.6 is 15.9 Å². The number of rotatable bonds is 9. The number of methoxy groups -OCH3 is 1. The summed E-state index contributed by atoms with van der Waals surface area (Å²) in [6.45, 7) is 2.48. The molecule has 0 aliphatic heterocycles. The van der Waals surface area contributed by atoms with E-state index in [4.69, 9.17) is 9.47 Å². The number of anilines is 2. The molecule has 11 heteroatoms. The van der Waals surface area contributed by atoms with Crippen molar-refractivity contribution in [2.24, 2.45) is 0 Å². The van der Waals surface area contributed by atoms with Crippen LogP contribution in [0.5, 0.6) is 11.5 Å². The minimum atomic E-state index is -0.437. The molecule has 4 rings (SSSR count). The van der Waals surface area contributed by atoms with Gasteiger partial charge >= 0.3 is 5.82 Å². The van der Waals surface area contributed by atoms with E-state index < -0.39 is 4.92 Å². The number of halogens is 1. The van der Waals surface area contributed by atoms with Gasteiger partial charge in [0.2, 0.25) is 0 Å². The lowest BCUT2D eigenvalue weighted by molar-refractivity contribution is -0.392. The van der Waals surface area contributed by atoms with E-state index >= 15 is 0 Å². The minimum Gasteiger partial charge on any atom is -0.493 e. The van der Waals surface area contributed by atoms with Crippen LogP contribution in [-0.2, 0) is 6.54 Å². The molecule has 0 amide bonds. The first kappa shape index (κ1) is 22.5. The van der Waals surface area contributed by atoms with E-state index in [0.29, 0.717) is 48.2 Å². The molecule has 0 aliphatic carbocycles. The lowest BCUT2D eigenvalue weighted by atomic mass is 10.2. The predicted octanol–water partition coefficient (Wildman–Crippen LogP) is 5.03. The molecule has 2 aromatic carbocycles. The number of hydrogen-bond acceptors (Lipinski definition) is 8. The minimum absolute atomic E-state index is 0.0313. The topological polar surface area (TPSA) is 117 Å². The highest BCUT2D eigenvalue weighted by molar-refractivity contribution is 9.10. The van der Waals surface area contributed by atoms with E-state index in [0.717, 1.165) is 15.5 Å². The van der Waals surface area contributed by atoms with Crippen molar-refractivity contribution in [3.63, 3.8) is 0 Å². The number of benzene rings is 2. The highest BCUT2D eigenvalue weighted by Gasteiger charge is 2.17. The Labute approximate surface area is 197 Å². The fourth-order valence-corrected chi connectivity index (χ4v) is 3.82. The fourth-order valence-electron chi connectivity index (χ4n) is 3.42. The summed E-state index contributed by atoms with van der Waals surface area (Å²) in [5.41, 5.74) is 1.58. The van der Waals surface area contributed by atoms with Crippen molar-refractivity contribution < 1.29 is 14.4 Å². The van der Waals surface area contributed by atoms with E-state index in [2.05, 4.69) is 36.2 Å². The zero-order valence-electron chi connectivity index (χ0n) is 18.0. The summed E-state index contributed by atoms with van der Waals surface area (Å²) in [5.74, 6) is 2.27. The van der Waals surface area contributed by atoms with Crippen molar-refractivity contribution in [3.05, 3.63) is 69.3 Å². The van der Waals surface area contributed by atoms with Crippen molar-refractivity contribution >= 4 is 44.2 Å². The molecule has 2 aromatic heterocycles. The number of imidazole rings is 1. The average Bonchev–Trinajstić information content (AvgIpc) is 3.17. The van der Waals surface area contributed by atoms with Crippen molar-refractivity contribution in [2.45, 2.75) is 19.9 Å². The highest BCUT2D eigenvalue weighted by Crippen LogP contribution is 2.35. The normalized spacial score (nSPS) is 10.9. The summed E-state index contributed by atoms with van der Waals surface area (Å²) in [4.78, 5) is 23.5. The summed E-state index contributed by atoms with van der Waals surface area (Å²) in [7, 11) is 1.56. The van der Waals surface area contributed by atoms with E-state index in [-0.39, 0.29) is 5.82 Å². The van der Waals surface area contributed by atoms with Crippen LogP contribution in [0.3, 0.4) is 0 Å². The Hall–Kier alpha value is -3.73. The van der Waals surface area contributed by atoms with Crippen molar-refractivity contribution in [1.82, 2.24) is 19.5 Å². The standard InChI is InChI=1S/C22H21BrN6O4/c1-14-24-12-21(29(30)31)28(14)7-4-8-33-20-10-17-18(11-19(20)32-2)25-13-26-22(17)27-16-6-3-5-15(23)9-16/h3,5-6,9-13H,4,7-8H2,1-2H3,(H,25,26,27). The molecule has 0 saturated carbocycles. The molecular weight excluding hydrogens is 492 g/mol. The van der Waals surface area contributed by atoms with Crippen molar-refractivity contribution in [1.29, 1.82) is 0 Å². The number of hydrogen-bond donors (Lipinski definition) is 1. The lowest BCUT2D eigenvalue weighted by Gasteiger charge is -2.14. The first-order chi connectivity index (χ1) is 16.0. The Morgan fingerprint density at radius 2 is 2.03 bits per heavy atom. The lowest BCUT2D eigenvalue weighted by Crippen LogP contribution is -2.09. The van der Waals surface area contributed by atoms with Gasteiger partial charge in [0, 0.05) is 35.0 Å². The first-order valence-corrected chi connectivity index (χ1v) is 10.9. The molecule has 0 bridgehead atoms. The molecule has 0 radical (unpaired) electrons. The Balaban J connectivity index is 1.53. The van der Waals surface area contributed by atoms with Crippen LogP contribution in [0.4, 0.5) is 17.3 Å². The smallest absolute Gasteiger partial charge is 0.342 e. The van der Waals surface area contributed by atoms with Gasteiger partial charge in [-0.2, -0.15) is 0 Å². The van der Waals surface area contributed by atoms with Gasteiger partial charge < -0.3 is 24.9 Å². The van der Waals surface area contributed by atoms with Gasteiger partial charge in [-0.25, -0.2) is 19.5 Å². The van der Waals surface area contributed by atoms with Crippen LogP contribution in [-0.4, -0.2) is 38.2 Å². The molecule has 0 aliphatic rings. The fraction of sp³-hybridized carbons (Fsp3) is 0.227. The van der Waals surface area contributed by atoms with Crippen LogP contribution in [0.15, 0.2) is 53.4 Å². The third-order valence-electron chi connectivity index (χ3n) is 5.01. The Kier molecular flexibility index (Phi) is 6.68. The van der Waals surface area contributed by atoms with Crippen LogP contribution in [0.25, 0.3) is 10.9 Å². The molecule has 0 saturated heterocycles. The van der Waals surface area contributed by atoms with Crippen LogP contribution in [0.1, 0.15) is 12.2 Å². The molecule has 0 spiro atoms. The second-order valence-corrected chi connectivity index (χ2v) is 8.07. The predicted molar refractivity (Wildman–Crippen MR) is 127 cm³/mol. The van der Waals surface area contributed by atoms with E-state index in [9.17, 15) is 10.1 Å². The van der Waals surface area contributed by atoms with Crippen molar-refractivity contribution in [3.8, 4) is 11.5 Å². The van der Waals surface area contributed by atoms with Gasteiger partial charge in [0.05, 0.1) is 25.8 Å². The molecule has 33 heavy (non-hydrogen) atoms. The number of aryl methyl sites for hydroxylation is 1. The molecule has 0 unspecified atom stereocenters. The van der Waals surface area contributed by atoms with E-state index in [1.165, 1.54) is 12.5 Å². The van der Waals surface area contributed by atoms with Crippen LogP contribution in [0.2, 0.25) is 0 Å². The van der Waals surface area contributed by atoms with Gasteiger partial charge in [0.1, 0.15) is 18.3 Å². The van der Waals surface area contributed by atoms with Gasteiger partial charge in [-0.1, -0.05) is 22.0 Å². The first-order valence-electron chi connectivity index (χ1n) is 10.1. The molecule has 2 heterocycles. The summed E-state index contributed by atoms with van der Waals surface area (Å²) in [6, 6.07) is 11.4. The molecule has 170 valence electrons.